The van der Waals surface area contributed by atoms with Gasteiger partial charge in [0, 0.05) is 38.8 Å². The van der Waals surface area contributed by atoms with Gasteiger partial charge in [-0.25, -0.2) is 0 Å². The molecule has 1 aliphatic carbocycles. The predicted octanol–water partition coefficient (Wildman–Crippen LogP) is 12.8. The molecule has 0 N–H and O–H groups in total. The summed E-state index contributed by atoms with van der Waals surface area (Å²) in [5, 5.41) is 11.7. The molecular formula is C48H32N2. The standard InChI is InChI=1S/C48H32N2/c1-2-14-33(15-3-1)49-45-23-10-8-21-40(45)43-30-48-44(29-47(43)49)41-22-9-11-24-46(41)50(48)34-16-12-13-31(27-34)32-25-26-39-37-19-5-4-17-35(37)36-18-6-7-20-38(36)42(39)28-32/h1-10,12-23,25-30H,11,24H2. The zero-order valence-corrected chi connectivity index (χ0v) is 27.5. The van der Waals surface area contributed by atoms with Gasteiger partial charge in [0.15, 0.2) is 0 Å². The van der Waals surface area contributed by atoms with Gasteiger partial charge in [-0.2, -0.15) is 0 Å². The van der Waals surface area contributed by atoms with Crippen LogP contribution in [0.4, 0.5) is 0 Å². The van der Waals surface area contributed by atoms with E-state index in [-0.39, 0.29) is 0 Å². The van der Waals surface area contributed by atoms with Gasteiger partial charge in [0.25, 0.3) is 0 Å². The van der Waals surface area contributed by atoms with Gasteiger partial charge in [0.05, 0.1) is 16.6 Å². The minimum atomic E-state index is 1.02. The second-order valence-electron chi connectivity index (χ2n) is 13.6. The van der Waals surface area contributed by atoms with Crippen molar-refractivity contribution in [2.75, 3.05) is 0 Å². The molecule has 0 unspecified atom stereocenters. The maximum Gasteiger partial charge on any atom is 0.0548 e. The van der Waals surface area contributed by atoms with E-state index in [0.29, 0.717) is 0 Å². The van der Waals surface area contributed by atoms with E-state index in [1.165, 1.54) is 98.8 Å². The fourth-order valence-corrected chi connectivity index (χ4v) is 8.74. The minimum Gasteiger partial charge on any atom is -0.313 e. The third-order valence-corrected chi connectivity index (χ3v) is 10.9. The third-order valence-electron chi connectivity index (χ3n) is 10.9. The molecule has 2 nitrogen and oxygen atoms in total. The van der Waals surface area contributed by atoms with Crippen LogP contribution in [0.5, 0.6) is 0 Å². The highest BCUT2D eigenvalue weighted by Crippen LogP contribution is 2.42. The van der Waals surface area contributed by atoms with Crippen LogP contribution in [0.3, 0.4) is 0 Å². The average Bonchev–Trinajstić information content (AvgIpc) is 3.69. The van der Waals surface area contributed by atoms with Crippen molar-refractivity contribution >= 4 is 71.1 Å². The molecule has 10 aromatic rings. The molecule has 0 saturated carbocycles. The molecule has 0 spiro atoms. The van der Waals surface area contributed by atoms with Crippen LogP contribution in [-0.2, 0) is 6.42 Å². The number of fused-ring (bicyclic) bond motifs is 12. The number of hydrogen-bond acceptors (Lipinski definition) is 0. The van der Waals surface area contributed by atoms with E-state index in [0.717, 1.165) is 12.8 Å². The smallest absolute Gasteiger partial charge is 0.0548 e. The molecule has 11 rings (SSSR count). The number of hydrogen-bond donors (Lipinski definition) is 0. The van der Waals surface area contributed by atoms with Crippen LogP contribution in [0.2, 0.25) is 0 Å². The molecule has 0 radical (unpaired) electrons. The van der Waals surface area contributed by atoms with Gasteiger partial charge < -0.3 is 9.13 Å². The van der Waals surface area contributed by atoms with Crippen LogP contribution in [0.1, 0.15) is 17.7 Å². The van der Waals surface area contributed by atoms with Gasteiger partial charge >= 0.3 is 0 Å². The lowest BCUT2D eigenvalue weighted by Crippen LogP contribution is -2.03. The van der Waals surface area contributed by atoms with E-state index in [4.69, 9.17) is 0 Å². The number of nitrogens with zero attached hydrogens (tertiary/aromatic N) is 2. The summed E-state index contributed by atoms with van der Waals surface area (Å²) in [7, 11) is 0. The lowest BCUT2D eigenvalue weighted by molar-refractivity contribution is 0.889. The monoisotopic (exact) mass is 636 g/mol. The van der Waals surface area contributed by atoms with Gasteiger partial charge in [-0.15, -0.1) is 0 Å². The summed E-state index contributed by atoms with van der Waals surface area (Å²) >= 11 is 0. The maximum absolute atomic E-state index is 2.54. The van der Waals surface area contributed by atoms with Crippen LogP contribution in [-0.4, -0.2) is 9.13 Å². The Bertz CT molecular complexity index is 2990. The number of benzene rings is 8. The molecule has 0 atom stereocenters. The van der Waals surface area contributed by atoms with Crippen molar-refractivity contribution in [3.8, 4) is 22.5 Å². The normalized spacial score (nSPS) is 13.0. The van der Waals surface area contributed by atoms with E-state index in [2.05, 4.69) is 179 Å². The first-order valence-electron chi connectivity index (χ1n) is 17.6. The Kier molecular flexibility index (Phi) is 5.82. The van der Waals surface area contributed by atoms with Crippen molar-refractivity contribution in [3.05, 3.63) is 175 Å². The van der Waals surface area contributed by atoms with Gasteiger partial charge in [-0.1, -0.05) is 121 Å². The van der Waals surface area contributed by atoms with E-state index in [9.17, 15) is 0 Å². The second-order valence-corrected chi connectivity index (χ2v) is 13.6. The van der Waals surface area contributed by atoms with Gasteiger partial charge in [-0.05, 0) is 105 Å². The molecule has 2 aromatic heterocycles. The second kappa shape index (κ2) is 10.6. The van der Waals surface area contributed by atoms with E-state index >= 15 is 0 Å². The third kappa shape index (κ3) is 3.90. The maximum atomic E-state index is 2.54. The Hall–Kier alpha value is -6.38. The number of allylic oxidation sites excluding steroid dienone is 1. The summed E-state index contributed by atoms with van der Waals surface area (Å²) < 4.78 is 4.96. The lowest BCUT2D eigenvalue weighted by atomic mass is 9.92. The molecule has 0 fully saturated rings. The fourth-order valence-electron chi connectivity index (χ4n) is 8.74. The summed E-state index contributed by atoms with van der Waals surface area (Å²) in [6.07, 6.45) is 6.75. The van der Waals surface area contributed by atoms with Crippen LogP contribution >= 0.6 is 0 Å². The molecule has 0 saturated heterocycles. The first-order valence-corrected chi connectivity index (χ1v) is 17.6. The van der Waals surface area contributed by atoms with Crippen LogP contribution < -0.4 is 0 Å². The highest BCUT2D eigenvalue weighted by Gasteiger charge is 2.22. The molecule has 8 aromatic carbocycles. The van der Waals surface area contributed by atoms with Crippen molar-refractivity contribution < 1.29 is 0 Å². The Labute approximate surface area is 289 Å². The first-order chi connectivity index (χ1) is 24.8. The molecule has 50 heavy (non-hydrogen) atoms. The molecule has 2 heterocycles. The Morgan fingerprint density at radius 3 is 1.74 bits per heavy atom. The van der Waals surface area contributed by atoms with Crippen molar-refractivity contribution in [2.45, 2.75) is 12.8 Å². The minimum absolute atomic E-state index is 1.02. The summed E-state index contributed by atoms with van der Waals surface area (Å²) in [5.74, 6) is 0. The summed E-state index contributed by atoms with van der Waals surface area (Å²) in [6, 6.07) is 58.3. The molecule has 1 aliphatic rings. The molecule has 0 bridgehead atoms. The Balaban J connectivity index is 1.15. The van der Waals surface area contributed by atoms with Gasteiger partial charge in [-0.3, -0.25) is 0 Å². The quantitative estimate of drug-likeness (QED) is 0.171. The zero-order chi connectivity index (χ0) is 32.8. The average molecular weight is 637 g/mol. The molecule has 0 amide bonds. The highest BCUT2D eigenvalue weighted by atomic mass is 15.0. The Morgan fingerprint density at radius 2 is 0.960 bits per heavy atom. The highest BCUT2D eigenvalue weighted by molar-refractivity contribution is 6.25. The summed E-state index contributed by atoms with van der Waals surface area (Å²) in [4.78, 5) is 0. The number of rotatable bonds is 3. The van der Waals surface area contributed by atoms with Crippen molar-refractivity contribution in [1.29, 1.82) is 0 Å². The molecule has 2 heteroatoms. The predicted molar refractivity (Wildman–Crippen MR) is 213 cm³/mol. The first kappa shape index (κ1) is 27.6. The summed E-state index contributed by atoms with van der Waals surface area (Å²) in [6.45, 7) is 0. The molecule has 0 aliphatic heterocycles. The largest absolute Gasteiger partial charge is 0.313 e. The van der Waals surface area contributed by atoms with Gasteiger partial charge in [0.1, 0.15) is 0 Å². The lowest BCUT2D eigenvalue weighted by Gasteiger charge is -2.15. The molecular weight excluding hydrogens is 605 g/mol. The van der Waals surface area contributed by atoms with Crippen molar-refractivity contribution in [2.24, 2.45) is 0 Å². The topological polar surface area (TPSA) is 9.86 Å². The van der Waals surface area contributed by atoms with Crippen LogP contribution in [0, 0.1) is 0 Å². The summed E-state index contributed by atoms with van der Waals surface area (Å²) in [5.41, 5.74) is 11.3. The number of para-hydroxylation sites is 2. The SMILES string of the molecule is C1=Cc2c(n(-c3cccc(-c4ccc5c6ccccc6c6ccccc6c5c4)c3)c3cc4c5ccccc5n(-c5ccccc5)c4cc23)CC1. The van der Waals surface area contributed by atoms with Gasteiger partial charge in [0.2, 0.25) is 0 Å². The van der Waals surface area contributed by atoms with Crippen molar-refractivity contribution in [1.82, 2.24) is 9.13 Å². The van der Waals surface area contributed by atoms with E-state index in [1.54, 1.807) is 0 Å². The molecule has 234 valence electrons. The number of aromatic nitrogens is 2. The van der Waals surface area contributed by atoms with Crippen LogP contribution in [0.15, 0.2) is 164 Å². The van der Waals surface area contributed by atoms with E-state index in [1.807, 2.05) is 0 Å². The fraction of sp³-hybridized carbons (Fsp3) is 0.0417. The Morgan fingerprint density at radius 1 is 0.360 bits per heavy atom. The van der Waals surface area contributed by atoms with Crippen molar-refractivity contribution in [3.63, 3.8) is 0 Å². The van der Waals surface area contributed by atoms with E-state index < -0.39 is 0 Å². The van der Waals surface area contributed by atoms with Crippen LogP contribution in [0.25, 0.3) is 93.6 Å². The zero-order valence-electron chi connectivity index (χ0n) is 27.5.